The van der Waals surface area contributed by atoms with E-state index in [-0.39, 0.29) is 5.69 Å². The number of amides is 2. The summed E-state index contributed by atoms with van der Waals surface area (Å²) in [4.78, 5) is 37.7. The highest BCUT2D eigenvalue weighted by Gasteiger charge is 2.32. The highest BCUT2D eigenvalue weighted by molar-refractivity contribution is 7.16. The second-order valence-electron chi connectivity index (χ2n) is 5.67. The lowest BCUT2D eigenvalue weighted by atomic mass is 10.3. The number of anilines is 2. The van der Waals surface area contributed by atoms with Crippen LogP contribution >= 0.6 is 11.3 Å². The highest BCUT2D eigenvalue weighted by Crippen LogP contribution is 2.35. The normalized spacial score (nSPS) is 13.6. The van der Waals surface area contributed by atoms with Crippen molar-refractivity contribution in [3.63, 3.8) is 0 Å². The van der Waals surface area contributed by atoms with Crippen LogP contribution in [-0.4, -0.2) is 38.6 Å². The average Bonchev–Trinajstić information content (AvgIpc) is 3.25. The summed E-state index contributed by atoms with van der Waals surface area (Å²) in [5, 5.41) is 13.1. The van der Waals surface area contributed by atoms with Gasteiger partial charge in [-0.3, -0.25) is 9.69 Å². The maximum Gasteiger partial charge on any atom is 0.412 e. The molecule has 0 bridgehead atoms. The fourth-order valence-electron chi connectivity index (χ4n) is 2.25. The number of aryl methyl sites for hydroxylation is 2. The molecule has 0 unspecified atom stereocenters. The van der Waals surface area contributed by atoms with Gasteiger partial charge >= 0.3 is 6.09 Å². The number of rotatable bonds is 5. The first-order valence-corrected chi connectivity index (χ1v) is 8.34. The van der Waals surface area contributed by atoms with Crippen molar-refractivity contribution in [2.24, 2.45) is 5.92 Å². The Bertz CT molecular complexity index is 787. The fourth-order valence-corrected chi connectivity index (χ4v) is 3.17. The van der Waals surface area contributed by atoms with Crippen molar-refractivity contribution in [3.8, 4) is 0 Å². The summed E-state index contributed by atoms with van der Waals surface area (Å²) in [6, 6.07) is 1.57. The third-order valence-electron chi connectivity index (χ3n) is 3.56. The Kier molecular flexibility index (Phi) is 4.43. The predicted octanol–water partition coefficient (Wildman–Crippen LogP) is 2.70. The number of hydrogen-bond donors (Lipinski definition) is 2. The number of carbonyl (C=O) groups is 2. The molecule has 0 radical (unpaired) electrons. The van der Waals surface area contributed by atoms with E-state index in [2.05, 4.69) is 20.3 Å². The predicted molar refractivity (Wildman–Crippen MR) is 89.7 cm³/mol. The van der Waals surface area contributed by atoms with Gasteiger partial charge in [-0.25, -0.2) is 19.7 Å². The quantitative estimate of drug-likeness (QED) is 0.861. The Morgan fingerprint density at radius 3 is 2.75 bits per heavy atom. The molecule has 8 nitrogen and oxygen atoms in total. The Morgan fingerprint density at radius 2 is 2.12 bits per heavy atom. The first-order chi connectivity index (χ1) is 11.4. The lowest BCUT2D eigenvalue weighted by Gasteiger charge is -2.17. The summed E-state index contributed by atoms with van der Waals surface area (Å²) >= 11 is 1.20. The first-order valence-electron chi connectivity index (χ1n) is 7.53. The molecular formula is C15H17N5O3S. The van der Waals surface area contributed by atoms with Crippen LogP contribution in [0.1, 0.15) is 34.2 Å². The van der Waals surface area contributed by atoms with Gasteiger partial charge in [0, 0.05) is 12.7 Å². The minimum Gasteiger partial charge on any atom is -0.465 e. The summed E-state index contributed by atoms with van der Waals surface area (Å²) in [7, 11) is 0. The van der Waals surface area contributed by atoms with Crippen molar-refractivity contribution in [3.05, 3.63) is 28.8 Å². The maximum absolute atomic E-state index is 12.5. The Labute approximate surface area is 142 Å². The molecule has 24 heavy (non-hydrogen) atoms. The number of carboxylic acid groups (broad SMARTS) is 1. The third-order valence-corrected chi connectivity index (χ3v) is 4.56. The molecule has 126 valence electrons. The van der Waals surface area contributed by atoms with Crippen LogP contribution in [0.5, 0.6) is 0 Å². The molecule has 1 fully saturated rings. The average molecular weight is 347 g/mol. The van der Waals surface area contributed by atoms with Crippen molar-refractivity contribution in [1.82, 2.24) is 15.0 Å². The van der Waals surface area contributed by atoms with Gasteiger partial charge in [-0.05, 0) is 38.7 Å². The number of thiazole rings is 1. The third kappa shape index (κ3) is 3.67. The van der Waals surface area contributed by atoms with E-state index in [9.17, 15) is 14.7 Å². The van der Waals surface area contributed by atoms with Gasteiger partial charge in [0.25, 0.3) is 5.91 Å². The molecule has 1 aliphatic carbocycles. The van der Waals surface area contributed by atoms with Gasteiger partial charge in [0.1, 0.15) is 16.6 Å². The molecule has 2 aromatic heterocycles. The molecule has 2 N–H and O–H groups in total. The molecule has 2 heterocycles. The number of nitrogens with zero attached hydrogens (tertiary/aromatic N) is 4. The van der Waals surface area contributed by atoms with Crippen molar-refractivity contribution < 1.29 is 14.7 Å². The topological polar surface area (TPSA) is 108 Å². The van der Waals surface area contributed by atoms with Crippen LogP contribution < -0.4 is 10.2 Å². The van der Waals surface area contributed by atoms with Crippen LogP contribution in [0.15, 0.2) is 12.3 Å². The molecule has 0 saturated heterocycles. The smallest absolute Gasteiger partial charge is 0.412 e. The SMILES string of the molecule is Cc1nccc(NC(=O)c2nc(C)sc2N(CC2CC2)C(=O)O)n1. The molecule has 1 aliphatic rings. The van der Waals surface area contributed by atoms with E-state index < -0.39 is 12.0 Å². The van der Waals surface area contributed by atoms with Gasteiger partial charge < -0.3 is 10.4 Å². The van der Waals surface area contributed by atoms with Gasteiger partial charge in [-0.15, -0.1) is 11.3 Å². The van der Waals surface area contributed by atoms with Crippen molar-refractivity contribution >= 4 is 34.2 Å². The van der Waals surface area contributed by atoms with Crippen molar-refractivity contribution in [2.75, 3.05) is 16.8 Å². The van der Waals surface area contributed by atoms with Gasteiger partial charge in [-0.1, -0.05) is 0 Å². The summed E-state index contributed by atoms with van der Waals surface area (Å²) in [6.45, 7) is 3.86. The van der Waals surface area contributed by atoms with E-state index in [0.29, 0.717) is 34.1 Å². The van der Waals surface area contributed by atoms with Gasteiger partial charge in [0.05, 0.1) is 5.01 Å². The van der Waals surface area contributed by atoms with Crippen LogP contribution in [0.25, 0.3) is 0 Å². The van der Waals surface area contributed by atoms with Crippen LogP contribution in [0.2, 0.25) is 0 Å². The lowest BCUT2D eigenvalue weighted by molar-refractivity contribution is 0.102. The second kappa shape index (κ2) is 6.52. The van der Waals surface area contributed by atoms with Crippen LogP contribution in [0, 0.1) is 19.8 Å². The molecule has 2 aromatic rings. The monoisotopic (exact) mass is 347 g/mol. The Hall–Kier alpha value is -2.55. The summed E-state index contributed by atoms with van der Waals surface area (Å²) in [6.07, 6.45) is 2.51. The molecule has 0 aromatic carbocycles. The zero-order chi connectivity index (χ0) is 17.3. The van der Waals surface area contributed by atoms with Crippen LogP contribution in [0.4, 0.5) is 15.6 Å². The minimum atomic E-state index is -1.07. The number of hydrogen-bond acceptors (Lipinski definition) is 6. The maximum atomic E-state index is 12.5. The lowest BCUT2D eigenvalue weighted by Crippen LogP contribution is -2.32. The molecule has 0 atom stereocenters. The number of carbonyl (C=O) groups excluding carboxylic acids is 1. The van der Waals surface area contributed by atoms with E-state index in [1.54, 1.807) is 26.1 Å². The van der Waals surface area contributed by atoms with Crippen molar-refractivity contribution in [2.45, 2.75) is 26.7 Å². The standard InChI is InChI=1S/C15H17N5O3S/c1-8-16-6-5-11(17-8)19-13(21)12-14(24-9(2)18-12)20(15(22)23)7-10-3-4-10/h5-6,10H,3-4,7H2,1-2H3,(H,22,23)(H,16,17,19,21). The van der Waals surface area contributed by atoms with Crippen LogP contribution in [0.3, 0.4) is 0 Å². The summed E-state index contributed by atoms with van der Waals surface area (Å²) < 4.78 is 0. The molecule has 9 heteroatoms. The van der Waals surface area contributed by atoms with Crippen LogP contribution in [-0.2, 0) is 0 Å². The highest BCUT2D eigenvalue weighted by atomic mass is 32.1. The zero-order valence-electron chi connectivity index (χ0n) is 13.3. The molecular weight excluding hydrogens is 330 g/mol. The largest absolute Gasteiger partial charge is 0.465 e. The van der Waals surface area contributed by atoms with Gasteiger partial charge in [-0.2, -0.15) is 0 Å². The first kappa shape index (κ1) is 16.3. The fraction of sp³-hybridized carbons (Fsp3) is 0.400. The zero-order valence-corrected chi connectivity index (χ0v) is 14.1. The summed E-state index contributed by atoms with van der Waals surface area (Å²) in [5.41, 5.74) is 0.108. The van der Waals surface area contributed by atoms with E-state index in [1.807, 2.05) is 0 Å². The van der Waals surface area contributed by atoms with E-state index >= 15 is 0 Å². The molecule has 1 saturated carbocycles. The second-order valence-corrected chi connectivity index (χ2v) is 6.85. The number of aromatic nitrogens is 3. The summed E-state index contributed by atoms with van der Waals surface area (Å²) in [5.74, 6) is 0.773. The molecule has 2 amide bonds. The molecule has 0 spiro atoms. The Morgan fingerprint density at radius 1 is 1.38 bits per heavy atom. The molecule has 0 aliphatic heterocycles. The molecule has 3 rings (SSSR count). The number of nitrogens with one attached hydrogen (secondary N) is 1. The van der Waals surface area contributed by atoms with E-state index in [4.69, 9.17) is 0 Å². The minimum absolute atomic E-state index is 0.108. The van der Waals surface area contributed by atoms with Gasteiger partial charge in [0.2, 0.25) is 0 Å². The van der Waals surface area contributed by atoms with Gasteiger partial charge in [0.15, 0.2) is 5.69 Å². The van der Waals surface area contributed by atoms with E-state index in [0.717, 1.165) is 12.8 Å². The Balaban J connectivity index is 1.86. The van der Waals surface area contributed by atoms with Crippen molar-refractivity contribution in [1.29, 1.82) is 0 Å². The van der Waals surface area contributed by atoms with E-state index in [1.165, 1.54) is 16.2 Å².